The van der Waals surface area contributed by atoms with E-state index in [1.165, 1.54) is 13.2 Å². The molecule has 0 aromatic heterocycles. The van der Waals surface area contributed by atoms with Gasteiger partial charge in [0.2, 0.25) is 0 Å². The second-order valence-corrected chi connectivity index (χ2v) is 6.97. The number of hydrogen-bond acceptors (Lipinski definition) is 5. The van der Waals surface area contributed by atoms with Gasteiger partial charge in [0.15, 0.2) is 5.11 Å². The average molecular weight is 411 g/mol. The third-order valence-corrected chi connectivity index (χ3v) is 4.74. The lowest BCUT2D eigenvalue weighted by Crippen LogP contribution is -2.34. The summed E-state index contributed by atoms with van der Waals surface area (Å²) in [6.45, 7) is 1.55. The van der Waals surface area contributed by atoms with Gasteiger partial charge in [0.05, 0.1) is 12.7 Å². The first-order valence-corrected chi connectivity index (χ1v) is 9.59. The van der Waals surface area contributed by atoms with Crippen molar-refractivity contribution in [3.63, 3.8) is 0 Å². The van der Waals surface area contributed by atoms with Crippen molar-refractivity contribution in [2.75, 3.05) is 25.5 Å². The van der Waals surface area contributed by atoms with Crippen LogP contribution in [0, 0.1) is 0 Å². The topological polar surface area (TPSA) is 87.7 Å². The van der Waals surface area contributed by atoms with Gasteiger partial charge in [0.25, 0.3) is 11.8 Å². The number of likely N-dealkylation sites (tertiary alicyclic amines) is 1. The third kappa shape index (κ3) is 5.17. The number of benzene rings is 2. The minimum Gasteiger partial charge on any atom is -0.465 e. The number of hydrogen-bond donors (Lipinski definition) is 2. The van der Waals surface area contributed by atoms with Gasteiger partial charge in [-0.1, -0.05) is 12.1 Å². The molecule has 1 fully saturated rings. The summed E-state index contributed by atoms with van der Waals surface area (Å²) in [6, 6.07) is 13.1. The summed E-state index contributed by atoms with van der Waals surface area (Å²) >= 11 is 5.21. The number of nitrogens with one attached hydrogen (secondary N) is 2. The van der Waals surface area contributed by atoms with Crippen molar-refractivity contribution >= 4 is 40.8 Å². The molecule has 2 N–H and O–H groups in total. The number of esters is 1. The molecule has 0 radical (unpaired) electrons. The molecule has 1 aliphatic heterocycles. The monoisotopic (exact) mass is 411 g/mol. The van der Waals surface area contributed by atoms with Gasteiger partial charge >= 0.3 is 5.97 Å². The predicted molar refractivity (Wildman–Crippen MR) is 113 cm³/mol. The highest BCUT2D eigenvalue weighted by Crippen LogP contribution is 2.16. The number of ether oxygens (including phenoxy) is 1. The third-order valence-electron chi connectivity index (χ3n) is 4.53. The van der Waals surface area contributed by atoms with Crippen LogP contribution in [0.1, 0.15) is 43.9 Å². The maximum Gasteiger partial charge on any atom is 0.337 e. The second kappa shape index (κ2) is 9.29. The van der Waals surface area contributed by atoms with E-state index in [1.807, 2.05) is 4.90 Å². The highest BCUT2D eigenvalue weighted by atomic mass is 32.1. The number of carbonyl (C=O) groups excluding carboxylic acids is 3. The molecular weight excluding hydrogens is 390 g/mol. The standard InChI is InChI=1S/C21H21N3O4S/c1-28-20(27)16-8-4-6-14(12-16)18(25)23-21(29)22-17-9-5-7-15(13-17)19(26)24-10-2-3-11-24/h4-9,12-13H,2-3,10-11H2,1H3,(H2,22,23,25,29). The molecule has 0 unspecified atom stereocenters. The Balaban J connectivity index is 1.63. The van der Waals surface area contributed by atoms with Crippen molar-refractivity contribution < 1.29 is 19.1 Å². The summed E-state index contributed by atoms with van der Waals surface area (Å²) in [6.07, 6.45) is 2.05. The lowest BCUT2D eigenvalue weighted by molar-refractivity contribution is 0.0600. The number of thiocarbonyl (C=S) groups is 1. The van der Waals surface area contributed by atoms with Crippen LogP contribution in [0.25, 0.3) is 0 Å². The van der Waals surface area contributed by atoms with Crippen LogP contribution in [-0.2, 0) is 4.74 Å². The molecule has 2 aromatic rings. The van der Waals surface area contributed by atoms with Crippen LogP contribution in [0.3, 0.4) is 0 Å². The van der Waals surface area contributed by atoms with E-state index in [0.717, 1.165) is 25.9 Å². The smallest absolute Gasteiger partial charge is 0.337 e. The molecule has 0 spiro atoms. The molecule has 1 aliphatic rings. The largest absolute Gasteiger partial charge is 0.465 e. The Morgan fingerprint density at radius 1 is 0.966 bits per heavy atom. The van der Waals surface area contributed by atoms with Gasteiger partial charge in [-0.2, -0.15) is 0 Å². The number of methoxy groups -OCH3 is 1. The summed E-state index contributed by atoms with van der Waals surface area (Å²) in [5.74, 6) is -1.00. The van der Waals surface area contributed by atoms with Crippen molar-refractivity contribution in [1.82, 2.24) is 10.2 Å². The first-order chi connectivity index (χ1) is 14.0. The van der Waals surface area contributed by atoms with Gasteiger partial charge in [-0.3, -0.25) is 14.9 Å². The second-order valence-electron chi connectivity index (χ2n) is 6.56. The Hall–Kier alpha value is -3.26. The molecule has 7 nitrogen and oxygen atoms in total. The molecule has 0 aliphatic carbocycles. The van der Waals surface area contributed by atoms with E-state index in [9.17, 15) is 14.4 Å². The molecule has 0 saturated carbocycles. The maximum atomic E-state index is 12.5. The minimum atomic E-state index is -0.528. The van der Waals surface area contributed by atoms with Crippen molar-refractivity contribution in [3.8, 4) is 0 Å². The molecule has 8 heteroatoms. The summed E-state index contributed by atoms with van der Waals surface area (Å²) in [5.41, 5.74) is 1.71. The van der Waals surface area contributed by atoms with E-state index in [-0.39, 0.29) is 22.1 Å². The Morgan fingerprint density at radius 3 is 2.34 bits per heavy atom. The molecule has 2 aromatic carbocycles. The van der Waals surface area contributed by atoms with Gasteiger partial charge in [0.1, 0.15) is 0 Å². The number of anilines is 1. The number of nitrogens with zero attached hydrogens (tertiary/aromatic N) is 1. The lowest BCUT2D eigenvalue weighted by atomic mass is 10.1. The van der Waals surface area contributed by atoms with Crippen molar-refractivity contribution in [2.24, 2.45) is 0 Å². The SMILES string of the molecule is COC(=O)c1cccc(C(=O)NC(=S)Nc2cccc(C(=O)N3CCCC3)c2)c1. The van der Waals surface area contributed by atoms with Crippen molar-refractivity contribution in [3.05, 3.63) is 65.2 Å². The van der Waals surface area contributed by atoms with Crippen LogP contribution in [0.5, 0.6) is 0 Å². The molecule has 2 amide bonds. The molecule has 1 saturated heterocycles. The van der Waals surface area contributed by atoms with Gasteiger partial charge < -0.3 is 15.0 Å². The summed E-state index contributed by atoms with van der Waals surface area (Å²) < 4.78 is 4.66. The van der Waals surface area contributed by atoms with Crippen LogP contribution in [-0.4, -0.2) is 48.0 Å². The number of rotatable bonds is 4. The van der Waals surface area contributed by atoms with Crippen LogP contribution >= 0.6 is 12.2 Å². The van der Waals surface area contributed by atoms with Crippen LogP contribution in [0.2, 0.25) is 0 Å². The number of amides is 2. The zero-order valence-corrected chi connectivity index (χ0v) is 16.8. The summed E-state index contributed by atoms with van der Waals surface area (Å²) in [4.78, 5) is 38.4. The van der Waals surface area contributed by atoms with Gasteiger partial charge in [-0.15, -0.1) is 0 Å². The fourth-order valence-corrected chi connectivity index (χ4v) is 3.29. The number of carbonyl (C=O) groups is 3. The molecule has 1 heterocycles. The molecule has 29 heavy (non-hydrogen) atoms. The predicted octanol–water partition coefficient (Wildman–Crippen LogP) is 2.84. The van der Waals surface area contributed by atoms with Gasteiger partial charge in [-0.25, -0.2) is 4.79 Å². The normalized spacial score (nSPS) is 12.9. The molecule has 150 valence electrons. The molecule has 0 atom stereocenters. The zero-order valence-electron chi connectivity index (χ0n) is 15.9. The maximum absolute atomic E-state index is 12.5. The fraction of sp³-hybridized carbons (Fsp3) is 0.238. The first-order valence-electron chi connectivity index (χ1n) is 9.18. The van der Waals surface area contributed by atoms with Gasteiger partial charge in [-0.05, 0) is 61.5 Å². The molecule has 3 rings (SSSR count). The Bertz CT molecular complexity index is 954. The van der Waals surface area contributed by atoms with Gasteiger partial charge in [0, 0.05) is 29.9 Å². The molecular formula is C21H21N3O4S. The fourth-order valence-electron chi connectivity index (χ4n) is 3.08. The average Bonchev–Trinajstić information content (AvgIpc) is 3.27. The van der Waals surface area contributed by atoms with Crippen LogP contribution in [0.15, 0.2) is 48.5 Å². The van der Waals surface area contributed by atoms with E-state index in [4.69, 9.17) is 12.2 Å². The quantitative estimate of drug-likeness (QED) is 0.594. The Labute approximate surface area is 174 Å². The van der Waals surface area contributed by atoms with E-state index in [0.29, 0.717) is 11.3 Å². The van der Waals surface area contributed by atoms with Crippen molar-refractivity contribution in [1.29, 1.82) is 0 Å². The van der Waals surface area contributed by atoms with Crippen LogP contribution < -0.4 is 10.6 Å². The van der Waals surface area contributed by atoms with E-state index >= 15 is 0 Å². The summed E-state index contributed by atoms with van der Waals surface area (Å²) in [7, 11) is 1.27. The van der Waals surface area contributed by atoms with Crippen LogP contribution in [0.4, 0.5) is 5.69 Å². The Kier molecular flexibility index (Phi) is 6.56. The summed E-state index contributed by atoms with van der Waals surface area (Å²) in [5, 5.41) is 5.57. The van der Waals surface area contributed by atoms with E-state index < -0.39 is 11.9 Å². The van der Waals surface area contributed by atoms with E-state index in [2.05, 4.69) is 15.4 Å². The molecule has 0 bridgehead atoms. The highest BCUT2D eigenvalue weighted by Gasteiger charge is 2.19. The van der Waals surface area contributed by atoms with Crippen molar-refractivity contribution in [2.45, 2.75) is 12.8 Å². The first kappa shape index (κ1) is 20.5. The lowest BCUT2D eigenvalue weighted by Gasteiger charge is -2.16. The Morgan fingerprint density at radius 2 is 1.62 bits per heavy atom. The van der Waals surface area contributed by atoms with E-state index in [1.54, 1.807) is 42.5 Å². The minimum absolute atomic E-state index is 0.0132. The zero-order chi connectivity index (χ0) is 20.8. The highest BCUT2D eigenvalue weighted by molar-refractivity contribution is 7.80.